The van der Waals surface area contributed by atoms with Gasteiger partial charge in [-0.05, 0) is 30.4 Å². The fraction of sp³-hybridized carbons (Fsp3) is 0.462. The Morgan fingerprint density at radius 2 is 2.00 bits per heavy atom. The molecule has 1 aromatic carbocycles. The van der Waals surface area contributed by atoms with E-state index in [1.165, 1.54) is 11.8 Å². The van der Waals surface area contributed by atoms with Crippen LogP contribution in [-0.2, 0) is 6.18 Å². The van der Waals surface area contributed by atoms with Crippen LogP contribution < -0.4 is 5.32 Å². The summed E-state index contributed by atoms with van der Waals surface area (Å²) in [6.45, 7) is 0.291. The third kappa shape index (κ3) is 5.92. The zero-order valence-electron chi connectivity index (χ0n) is 11.0. The van der Waals surface area contributed by atoms with E-state index in [0.717, 1.165) is 0 Å². The highest BCUT2D eigenvalue weighted by Crippen LogP contribution is 2.30. The Balaban J connectivity index is 2.57. The van der Waals surface area contributed by atoms with Crippen LogP contribution in [-0.4, -0.2) is 35.7 Å². The number of rotatable bonds is 7. The largest absolute Gasteiger partial charge is 0.416 e. The van der Waals surface area contributed by atoms with Crippen molar-refractivity contribution in [3.05, 3.63) is 35.1 Å². The van der Waals surface area contributed by atoms with E-state index >= 15 is 0 Å². The quantitative estimate of drug-likeness (QED) is 0.599. The maximum atomic E-state index is 13.4. The van der Waals surface area contributed by atoms with Crippen LogP contribution in [0.4, 0.5) is 17.6 Å². The van der Waals surface area contributed by atoms with Crippen molar-refractivity contribution in [2.24, 2.45) is 0 Å². The zero-order valence-corrected chi connectivity index (χ0v) is 11.9. The third-order valence-electron chi connectivity index (χ3n) is 2.52. The summed E-state index contributed by atoms with van der Waals surface area (Å²) in [5, 5.41) is 10.9. The van der Waals surface area contributed by atoms with Gasteiger partial charge in [-0.2, -0.15) is 24.9 Å². The number of aliphatic hydroxyl groups is 1. The molecular weight excluding hydrogens is 310 g/mol. The minimum absolute atomic E-state index is 0.0782. The Bertz CT molecular complexity index is 480. The topological polar surface area (TPSA) is 49.3 Å². The molecule has 0 aromatic heterocycles. The van der Waals surface area contributed by atoms with E-state index in [-0.39, 0.29) is 13.2 Å². The van der Waals surface area contributed by atoms with Crippen LogP contribution in [0.2, 0.25) is 0 Å². The van der Waals surface area contributed by atoms with Gasteiger partial charge in [0.15, 0.2) is 0 Å². The van der Waals surface area contributed by atoms with E-state index in [0.29, 0.717) is 36.1 Å². The molecule has 0 spiro atoms. The first kappa shape index (κ1) is 17.8. The lowest BCUT2D eigenvalue weighted by Crippen LogP contribution is -2.27. The van der Waals surface area contributed by atoms with Crippen LogP contribution in [0.5, 0.6) is 0 Å². The van der Waals surface area contributed by atoms with Gasteiger partial charge in [-0.15, -0.1) is 0 Å². The van der Waals surface area contributed by atoms with Gasteiger partial charge in [-0.25, -0.2) is 4.39 Å². The Kier molecular flexibility index (Phi) is 6.97. The van der Waals surface area contributed by atoms with E-state index in [1.54, 1.807) is 0 Å². The molecule has 0 bridgehead atoms. The summed E-state index contributed by atoms with van der Waals surface area (Å²) in [4.78, 5) is 11.7. The number of nitrogens with one attached hydrogen (secondary N) is 1. The summed E-state index contributed by atoms with van der Waals surface area (Å²) in [5.74, 6) is -0.619. The molecule has 1 aromatic rings. The van der Waals surface area contributed by atoms with Gasteiger partial charge in [-0.3, -0.25) is 4.79 Å². The molecule has 0 fully saturated rings. The van der Waals surface area contributed by atoms with E-state index in [2.05, 4.69) is 5.32 Å². The molecule has 8 heteroatoms. The monoisotopic (exact) mass is 325 g/mol. The number of carbonyl (C=O) groups excluding carboxylic acids is 1. The first-order valence-electron chi connectivity index (χ1n) is 6.20. The van der Waals surface area contributed by atoms with Crippen molar-refractivity contribution in [3.8, 4) is 0 Å². The summed E-state index contributed by atoms with van der Waals surface area (Å²) >= 11 is 1.48. The normalized spacial score (nSPS) is 11.5. The fourth-order valence-corrected chi connectivity index (χ4v) is 2.26. The number of thioether (sulfide) groups is 1. The second-order valence-corrected chi connectivity index (χ2v) is 5.36. The standard InChI is InChI=1S/C13H15F4NO2S/c14-11-3-2-9(13(15,16)17)8-10(11)12(20)18-4-7-21-6-1-5-19/h2-3,8,19H,1,4-7H2,(H,18,20). The van der Waals surface area contributed by atoms with Gasteiger partial charge >= 0.3 is 6.18 Å². The highest BCUT2D eigenvalue weighted by atomic mass is 32.2. The number of hydrogen-bond acceptors (Lipinski definition) is 3. The molecule has 21 heavy (non-hydrogen) atoms. The number of alkyl halides is 3. The first-order valence-corrected chi connectivity index (χ1v) is 7.35. The van der Waals surface area contributed by atoms with E-state index in [1.807, 2.05) is 0 Å². The molecule has 1 rings (SSSR count). The van der Waals surface area contributed by atoms with Crippen molar-refractivity contribution < 1.29 is 27.5 Å². The number of halogens is 4. The lowest BCUT2D eigenvalue weighted by molar-refractivity contribution is -0.137. The first-order chi connectivity index (χ1) is 9.86. The Morgan fingerprint density at radius 1 is 1.29 bits per heavy atom. The smallest absolute Gasteiger partial charge is 0.396 e. The van der Waals surface area contributed by atoms with Gasteiger partial charge in [0, 0.05) is 18.9 Å². The van der Waals surface area contributed by atoms with Gasteiger partial charge in [0.1, 0.15) is 5.82 Å². The summed E-state index contributed by atoms with van der Waals surface area (Å²) in [5.41, 5.74) is -1.68. The second-order valence-electron chi connectivity index (χ2n) is 4.14. The van der Waals surface area contributed by atoms with Crippen LogP contribution in [0.3, 0.4) is 0 Å². The molecule has 0 aliphatic rings. The number of benzene rings is 1. The minimum Gasteiger partial charge on any atom is -0.396 e. The van der Waals surface area contributed by atoms with E-state index in [9.17, 15) is 22.4 Å². The molecular formula is C13H15F4NO2S. The molecule has 0 unspecified atom stereocenters. The Morgan fingerprint density at radius 3 is 2.62 bits per heavy atom. The zero-order chi connectivity index (χ0) is 15.9. The highest BCUT2D eigenvalue weighted by molar-refractivity contribution is 7.99. The van der Waals surface area contributed by atoms with Crippen molar-refractivity contribution in [2.75, 3.05) is 24.7 Å². The van der Waals surface area contributed by atoms with E-state index in [4.69, 9.17) is 5.11 Å². The fourth-order valence-electron chi connectivity index (χ4n) is 1.48. The molecule has 1 amide bonds. The molecule has 0 heterocycles. The predicted molar refractivity (Wildman–Crippen MR) is 72.8 cm³/mol. The average molecular weight is 325 g/mol. The lowest BCUT2D eigenvalue weighted by atomic mass is 10.1. The molecule has 0 saturated carbocycles. The predicted octanol–water partition coefficient (Wildman–Crippen LogP) is 2.69. The van der Waals surface area contributed by atoms with E-state index < -0.39 is 29.0 Å². The molecule has 2 N–H and O–H groups in total. The molecule has 0 aliphatic carbocycles. The molecule has 0 aliphatic heterocycles. The lowest BCUT2D eigenvalue weighted by Gasteiger charge is -2.10. The molecule has 3 nitrogen and oxygen atoms in total. The molecule has 0 radical (unpaired) electrons. The Hall–Kier alpha value is -1.28. The van der Waals surface area contributed by atoms with Gasteiger partial charge in [0.2, 0.25) is 0 Å². The van der Waals surface area contributed by atoms with Crippen molar-refractivity contribution in [1.82, 2.24) is 5.32 Å². The SMILES string of the molecule is O=C(NCCSCCCO)c1cc(C(F)(F)F)ccc1F. The third-order valence-corrected chi connectivity index (χ3v) is 3.59. The average Bonchev–Trinajstić information content (AvgIpc) is 2.41. The van der Waals surface area contributed by atoms with Crippen LogP contribution in [0, 0.1) is 5.82 Å². The minimum atomic E-state index is -4.62. The van der Waals surface area contributed by atoms with Crippen LogP contribution in [0.25, 0.3) is 0 Å². The number of hydrogen-bond donors (Lipinski definition) is 2. The molecule has 0 atom stereocenters. The van der Waals surface area contributed by atoms with Gasteiger partial charge in [-0.1, -0.05) is 0 Å². The summed E-state index contributed by atoms with van der Waals surface area (Å²) < 4.78 is 51.0. The van der Waals surface area contributed by atoms with Crippen molar-refractivity contribution in [3.63, 3.8) is 0 Å². The van der Waals surface area contributed by atoms with Crippen LogP contribution >= 0.6 is 11.8 Å². The van der Waals surface area contributed by atoms with Crippen molar-refractivity contribution in [2.45, 2.75) is 12.6 Å². The molecule has 118 valence electrons. The summed E-state index contributed by atoms with van der Waals surface area (Å²) in [6, 6.07) is 1.73. The molecule has 0 saturated heterocycles. The van der Waals surface area contributed by atoms with Gasteiger partial charge in [0.25, 0.3) is 5.91 Å². The number of carbonyl (C=O) groups is 1. The van der Waals surface area contributed by atoms with Crippen molar-refractivity contribution in [1.29, 1.82) is 0 Å². The second kappa shape index (κ2) is 8.23. The highest BCUT2D eigenvalue weighted by Gasteiger charge is 2.31. The summed E-state index contributed by atoms with van der Waals surface area (Å²) in [6.07, 6.45) is -4.00. The maximum Gasteiger partial charge on any atom is 0.416 e. The van der Waals surface area contributed by atoms with Gasteiger partial charge < -0.3 is 10.4 Å². The van der Waals surface area contributed by atoms with Crippen LogP contribution in [0.15, 0.2) is 18.2 Å². The Labute approximate surface area is 123 Å². The van der Waals surface area contributed by atoms with Crippen molar-refractivity contribution >= 4 is 17.7 Å². The maximum absolute atomic E-state index is 13.4. The summed E-state index contributed by atoms with van der Waals surface area (Å²) in [7, 11) is 0. The number of amides is 1. The van der Waals surface area contributed by atoms with Crippen LogP contribution in [0.1, 0.15) is 22.3 Å². The van der Waals surface area contributed by atoms with Gasteiger partial charge in [0.05, 0.1) is 11.1 Å². The number of aliphatic hydroxyl groups excluding tert-OH is 1.